The summed E-state index contributed by atoms with van der Waals surface area (Å²) in [6.07, 6.45) is 0.396. The van der Waals surface area contributed by atoms with Gasteiger partial charge in [-0.25, -0.2) is 18.3 Å². The van der Waals surface area contributed by atoms with E-state index < -0.39 is 23.6 Å². The minimum Gasteiger partial charge on any atom is -0.484 e. The number of rotatable bonds is 5. The number of carbonyl (C=O) groups is 1. The zero-order chi connectivity index (χ0) is 23.2. The van der Waals surface area contributed by atoms with Gasteiger partial charge in [-0.3, -0.25) is 4.79 Å². The molecule has 2 aliphatic rings. The van der Waals surface area contributed by atoms with Crippen LogP contribution in [0.1, 0.15) is 35.0 Å². The first-order chi connectivity index (χ1) is 15.9. The van der Waals surface area contributed by atoms with Crippen molar-refractivity contribution in [2.45, 2.75) is 25.4 Å². The minimum absolute atomic E-state index is 0.0515. The fourth-order valence-corrected chi connectivity index (χ4v) is 4.26. The lowest BCUT2D eigenvalue weighted by Crippen LogP contribution is -2.37. The predicted molar refractivity (Wildman–Crippen MR) is 115 cm³/mol. The first kappa shape index (κ1) is 21.5. The third kappa shape index (κ3) is 3.87. The predicted octanol–water partition coefficient (Wildman–Crippen LogP) is 2.44. The van der Waals surface area contributed by atoms with Gasteiger partial charge >= 0.3 is 0 Å². The van der Waals surface area contributed by atoms with Gasteiger partial charge in [-0.1, -0.05) is 0 Å². The van der Waals surface area contributed by atoms with Crippen molar-refractivity contribution in [2.24, 2.45) is 0 Å². The Hall–Kier alpha value is -3.31. The summed E-state index contributed by atoms with van der Waals surface area (Å²) in [4.78, 5) is 19.4. The van der Waals surface area contributed by atoms with Crippen LogP contribution in [0, 0.1) is 0 Å². The van der Waals surface area contributed by atoms with E-state index in [2.05, 4.69) is 15.4 Å². The highest BCUT2D eigenvalue weighted by Crippen LogP contribution is 2.42. The van der Waals surface area contributed by atoms with Crippen LogP contribution in [0.5, 0.6) is 5.75 Å². The number of hydrogen-bond acceptors (Lipinski definition) is 7. The van der Waals surface area contributed by atoms with Gasteiger partial charge in [-0.2, -0.15) is 5.10 Å². The van der Waals surface area contributed by atoms with Gasteiger partial charge in [-0.15, -0.1) is 0 Å². The lowest BCUT2D eigenvalue weighted by molar-refractivity contribution is 0.0446. The summed E-state index contributed by atoms with van der Waals surface area (Å²) < 4.78 is 40.0. The van der Waals surface area contributed by atoms with Gasteiger partial charge in [0.05, 0.1) is 31.2 Å². The van der Waals surface area contributed by atoms with Crippen LogP contribution in [0.4, 0.5) is 20.2 Å². The number of nitrogens with zero attached hydrogens (tertiary/aromatic N) is 4. The standard InChI is InChI=1S/C22H23F2N5O4/c1-22(12-30)11-13-9-14(15(10-16(13)33-22)28-5-7-32-8-6-28)26-21(31)17-18(19(23)24)27-29-4-2-3-25-20(17)29/h2-4,9-10,19,30H,5-8,11-12H2,1H3,(H,26,31). The van der Waals surface area contributed by atoms with Crippen LogP contribution in [-0.2, 0) is 11.2 Å². The Bertz CT molecular complexity index is 1210. The van der Waals surface area contributed by atoms with Gasteiger partial charge in [0, 0.05) is 43.5 Å². The fraction of sp³-hybridized carbons (Fsp3) is 0.409. The molecule has 0 aliphatic carbocycles. The van der Waals surface area contributed by atoms with E-state index in [-0.39, 0.29) is 17.8 Å². The number of aliphatic hydroxyl groups is 1. The van der Waals surface area contributed by atoms with Crippen LogP contribution in [0.2, 0.25) is 0 Å². The van der Waals surface area contributed by atoms with Crippen molar-refractivity contribution in [3.8, 4) is 5.75 Å². The molecule has 174 valence electrons. The maximum absolute atomic E-state index is 13.7. The Morgan fingerprint density at radius 2 is 2.12 bits per heavy atom. The normalized spacial score (nSPS) is 20.2. The molecule has 1 atom stereocenters. The summed E-state index contributed by atoms with van der Waals surface area (Å²) >= 11 is 0. The number of aromatic nitrogens is 3. The van der Waals surface area contributed by atoms with Crippen LogP contribution < -0.4 is 15.0 Å². The van der Waals surface area contributed by atoms with Gasteiger partial charge in [0.1, 0.15) is 22.6 Å². The summed E-state index contributed by atoms with van der Waals surface area (Å²) in [5, 5.41) is 16.4. The largest absolute Gasteiger partial charge is 0.484 e. The minimum atomic E-state index is -2.94. The molecule has 5 rings (SSSR count). The molecule has 2 aromatic heterocycles. The SMILES string of the molecule is CC1(CO)Cc2cc(NC(=O)c3c(C(F)F)nn4cccnc34)c(N3CCOCC3)cc2O1. The van der Waals surface area contributed by atoms with E-state index in [4.69, 9.17) is 9.47 Å². The molecule has 1 fully saturated rings. The fourth-order valence-electron chi connectivity index (χ4n) is 4.26. The van der Waals surface area contributed by atoms with E-state index in [1.54, 1.807) is 19.1 Å². The molecule has 1 amide bonds. The lowest BCUT2D eigenvalue weighted by atomic mass is 9.99. The van der Waals surface area contributed by atoms with Crippen LogP contribution >= 0.6 is 0 Å². The summed E-state index contributed by atoms with van der Waals surface area (Å²) in [7, 11) is 0. The molecule has 1 unspecified atom stereocenters. The molecule has 4 heterocycles. The molecule has 0 bridgehead atoms. The zero-order valence-electron chi connectivity index (χ0n) is 17.9. The second-order valence-electron chi connectivity index (χ2n) is 8.37. The molecular formula is C22H23F2N5O4. The van der Waals surface area contributed by atoms with Gasteiger partial charge < -0.3 is 24.8 Å². The van der Waals surface area contributed by atoms with Gasteiger partial charge in [0.2, 0.25) is 0 Å². The number of alkyl halides is 2. The number of halogens is 2. The van der Waals surface area contributed by atoms with Crippen LogP contribution in [-0.4, -0.2) is 64.1 Å². The van der Waals surface area contributed by atoms with Gasteiger partial charge in [0.25, 0.3) is 12.3 Å². The number of amides is 1. The van der Waals surface area contributed by atoms with E-state index in [1.165, 1.54) is 16.9 Å². The van der Waals surface area contributed by atoms with Crippen molar-refractivity contribution in [2.75, 3.05) is 43.1 Å². The Morgan fingerprint density at radius 1 is 1.33 bits per heavy atom. The monoisotopic (exact) mass is 459 g/mol. The Balaban J connectivity index is 1.56. The number of fused-ring (bicyclic) bond motifs is 2. The zero-order valence-corrected chi connectivity index (χ0v) is 17.9. The maximum Gasteiger partial charge on any atom is 0.283 e. The number of hydrogen-bond donors (Lipinski definition) is 2. The van der Waals surface area contributed by atoms with E-state index in [0.29, 0.717) is 49.8 Å². The van der Waals surface area contributed by atoms with Gasteiger partial charge in [0.15, 0.2) is 5.65 Å². The second-order valence-corrected chi connectivity index (χ2v) is 8.37. The molecule has 11 heteroatoms. The van der Waals surface area contributed by atoms with E-state index >= 15 is 0 Å². The van der Waals surface area contributed by atoms with E-state index in [1.807, 2.05) is 11.0 Å². The molecule has 2 aliphatic heterocycles. The summed E-state index contributed by atoms with van der Waals surface area (Å²) in [6.45, 7) is 3.88. The Labute approximate surface area is 187 Å². The van der Waals surface area contributed by atoms with Crippen molar-refractivity contribution >= 4 is 22.9 Å². The number of ether oxygens (including phenoxy) is 2. The van der Waals surface area contributed by atoms with Crippen LogP contribution in [0.15, 0.2) is 30.6 Å². The number of benzene rings is 1. The van der Waals surface area contributed by atoms with E-state index in [0.717, 1.165) is 5.56 Å². The van der Waals surface area contributed by atoms with Crippen molar-refractivity contribution in [3.05, 3.63) is 47.4 Å². The molecule has 2 N–H and O–H groups in total. The highest BCUT2D eigenvalue weighted by atomic mass is 19.3. The smallest absolute Gasteiger partial charge is 0.283 e. The van der Waals surface area contributed by atoms with Crippen molar-refractivity contribution in [3.63, 3.8) is 0 Å². The molecular weight excluding hydrogens is 436 g/mol. The molecule has 1 saturated heterocycles. The van der Waals surface area contributed by atoms with Crippen molar-refractivity contribution in [1.82, 2.24) is 14.6 Å². The summed E-state index contributed by atoms with van der Waals surface area (Å²) in [6, 6.07) is 5.14. The number of aliphatic hydroxyl groups excluding tert-OH is 1. The molecule has 9 nitrogen and oxygen atoms in total. The number of nitrogens with one attached hydrogen (secondary N) is 1. The third-order valence-corrected chi connectivity index (χ3v) is 5.89. The topological polar surface area (TPSA) is 101 Å². The highest BCUT2D eigenvalue weighted by Gasteiger charge is 2.36. The third-order valence-electron chi connectivity index (χ3n) is 5.89. The summed E-state index contributed by atoms with van der Waals surface area (Å²) in [5.41, 5.74) is 0.355. The molecule has 1 aromatic carbocycles. The number of carbonyl (C=O) groups excluding carboxylic acids is 1. The average molecular weight is 459 g/mol. The average Bonchev–Trinajstić information content (AvgIpc) is 3.37. The number of anilines is 2. The van der Waals surface area contributed by atoms with Crippen molar-refractivity contribution in [1.29, 1.82) is 0 Å². The van der Waals surface area contributed by atoms with Crippen molar-refractivity contribution < 1.29 is 28.2 Å². The number of morpholine rings is 1. The first-order valence-electron chi connectivity index (χ1n) is 10.6. The first-order valence-corrected chi connectivity index (χ1v) is 10.6. The summed E-state index contributed by atoms with van der Waals surface area (Å²) in [5.74, 6) is -0.103. The lowest BCUT2D eigenvalue weighted by Gasteiger charge is -2.31. The van der Waals surface area contributed by atoms with E-state index in [9.17, 15) is 18.7 Å². The molecule has 3 aromatic rings. The second kappa shape index (κ2) is 8.23. The molecule has 33 heavy (non-hydrogen) atoms. The molecule has 0 radical (unpaired) electrons. The quantitative estimate of drug-likeness (QED) is 0.604. The maximum atomic E-state index is 13.7. The van der Waals surface area contributed by atoms with Crippen LogP contribution in [0.3, 0.4) is 0 Å². The Morgan fingerprint density at radius 3 is 2.85 bits per heavy atom. The van der Waals surface area contributed by atoms with Crippen LogP contribution in [0.25, 0.3) is 5.65 Å². The highest BCUT2D eigenvalue weighted by molar-refractivity contribution is 6.10. The Kier molecular flexibility index (Phi) is 5.37. The molecule has 0 saturated carbocycles. The molecule has 0 spiro atoms. The van der Waals surface area contributed by atoms with Gasteiger partial charge in [-0.05, 0) is 19.1 Å².